The Hall–Kier alpha value is -1.55. The first-order chi connectivity index (χ1) is 8.84. The van der Waals surface area contributed by atoms with Gasteiger partial charge in [-0.1, -0.05) is 0 Å². The van der Waals surface area contributed by atoms with Gasteiger partial charge in [0.05, 0.1) is 17.2 Å². The van der Waals surface area contributed by atoms with Gasteiger partial charge >= 0.3 is 6.18 Å². The van der Waals surface area contributed by atoms with Crippen molar-refractivity contribution < 1.29 is 17.4 Å². The monoisotopic (exact) mass is 290 g/mol. The lowest BCUT2D eigenvalue weighted by atomic mass is 10.1. The number of alkyl halides is 3. The highest BCUT2D eigenvalue weighted by Crippen LogP contribution is 2.32. The lowest BCUT2D eigenvalue weighted by Gasteiger charge is -2.11. The first-order valence-corrected chi connectivity index (χ1v) is 7.22. The Kier molecular flexibility index (Phi) is 5.36. The van der Waals surface area contributed by atoms with Crippen molar-refractivity contribution in [3.8, 4) is 6.07 Å². The van der Waals surface area contributed by atoms with Crippen LogP contribution >= 0.6 is 0 Å². The van der Waals surface area contributed by atoms with E-state index in [9.17, 15) is 17.4 Å². The zero-order valence-corrected chi connectivity index (χ0v) is 11.1. The Bertz CT molecular complexity index is 509. The topological polar surface area (TPSA) is 52.9 Å². The minimum atomic E-state index is -4.53. The van der Waals surface area contributed by atoms with Crippen molar-refractivity contribution in [2.24, 2.45) is 0 Å². The molecule has 0 bridgehead atoms. The summed E-state index contributed by atoms with van der Waals surface area (Å²) in [6.07, 6.45) is -2.29. The predicted molar refractivity (Wildman–Crippen MR) is 68.2 cm³/mol. The summed E-state index contributed by atoms with van der Waals surface area (Å²) >= 11 is 0. The van der Waals surface area contributed by atoms with Crippen LogP contribution in [0.3, 0.4) is 0 Å². The molecule has 7 heteroatoms. The van der Waals surface area contributed by atoms with Gasteiger partial charge in [0.15, 0.2) is 0 Å². The molecule has 1 aromatic carbocycles. The average molecular weight is 290 g/mol. The standard InChI is InChI=1S/C12H13F3N2OS/c1-19(18)6-2-5-17-10-3-4-11(12(13,14)15)9(7-10)8-16/h3-4,7,17H,2,5-6H2,1H3. The number of hydrogen-bond donors (Lipinski definition) is 1. The van der Waals surface area contributed by atoms with Gasteiger partial charge in [-0.3, -0.25) is 4.21 Å². The molecular weight excluding hydrogens is 277 g/mol. The van der Waals surface area contributed by atoms with Crippen molar-refractivity contribution in [3.63, 3.8) is 0 Å². The van der Waals surface area contributed by atoms with Crippen LogP contribution in [0.15, 0.2) is 18.2 Å². The van der Waals surface area contributed by atoms with E-state index in [4.69, 9.17) is 5.26 Å². The van der Waals surface area contributed by atoms with Crippen molar-refractivity contribution in [1.82, 2.24) is 0 Å². The number of benzene rings is 1. The third-order valence-corrected chi connectivity index (χ3v) is 3.25. The van der Waals surface area contributed by atoms with Crippen LogP contribution in [0.4, 0.5) is 18.9 Å². The molecule has 0 spiro atoms. The average Bonchev–Trinajstić information content (AvgIpc) is 2.32. The Labute approximate surface area is 111 Å². The summed E-state index contributed by atoms with van der Waals surface area (Å²) in [5.74, 6) is 0.527. The van der Waals surface area contributed by atoms with Crippen LogP contribution < -0.4 is 5.32 Å². The number of nitrogens with zero attached hydrogens (tertiary/aromatic N) is 1. The van der Waals surface area contributed by atoms with E-state index >= 15 is 0 Å². The van der Waals surface area contributed by atoms with Crippen LogP contribution in [0.5, 0.6) is 0 Å². The number of nitriles is 1. The molecule has 3 nitrogen and oxygen atoms in total. The molecule has 1 rings (SSSR count). The molecule has 0 radical (unpaired) electrons. The summed E-state index contributed by atoms with van der Waals surface area (Å²) in [6, 6.07) is 4.89. The van der Waals surface area contributed by atoms with Crippen LogP contribution in [-0.4, -0.2) is 22.8 Å². The third-order valence-electron chi connectivity index (χ3n) is 2.38. The molecular formula is C12H13F3N2OS. The fourth-order valence-corrected chi connectivity index (χ4v) is 2.05. The normalized spacial score (nSPS) is 12.8. The Morgan fingerprint density at radius 3 is 2.63 bits per heavy atom. The Morgan fingerprint density at radius 2 is 2.11 bits per heavy atom. The van der Waals surface area contributed by atoms with E-state index in [-0.39, 0.29) is 0 Å². The second kappa shape index (κ2) is 6.57. The number of rotatable bonds is 5. The summed E-state index contributed by atoms with van der Waals surface area (Å²) in [4.78, 5) is 0. The summed E-state index contributed by atoms with van der Waals surface area (Å²) in [5, 5.41) is 11.6. The molecule has 0 aliphatic heterocycles. The van der Waals surface area contributed by atoms with E-state index in [1.807, 2.05) is 0 Å². The Balaban J connectivity index is 2.73. The molecule has 0 heterocycles. The van der Waals surface area contributed by atoms with Crippen molar-refractivity contribution in [3.05, 3.63) is 29.3 Å². The minimum Gasteiger partial charge on any atom is -0.385 e. The zero-order chi connectivity index (χ0) is 14.5. The molecule has 0 amide bonds. The van der Waals surface area contributed by atoms with Crippen LogP contribution in [0.25, 0.3) is 0 Å². The first-order valence-electron chi connectivity index (χ1n) is 5.50. The Morgan fingerprint density at radius 1 is 1.42 bits per heavy atom. The number of anilines is 1. The van der Waals surface area contributed by atoms with Gasteiger partial charge in [0, 0.05) is 35.0 Å². The first kappa shape index (κ1) is 15.5. The lowest BCUT2D eigenvalue weighted by molar-refractivity contribution is -0.137. The molecule has 0 saturated heterocycles. The quantitative estimate of drug-likeness (QED) is 0.848. The van der Waals surface area contributed by atoms with E-state index in [1.54, 1.807) is 12.3 Å². The summed E-state index contributed by atoms with van der Waals surface area (Å²) < 4.78 is 48.5. The van der Waals surface area contributed by atoms with Crippen LogP contribution in [0.2, 0.25) is 0 Å². The van der Waals surface area contributed by atoms with E-state index in [2.05, 4.69) is 5.32 Å². The highest BCUT2D eigenvalue weighted by molar-refractivity contribution is 7.84. The van der Waals surface area contributed by atoms with Crippen LogP contribution in [-0.2, 0) is 17.0 Å². The molecule has 1 aromatic rings. The van der Waals surface area contributed by atoms with Gasteiger partial charge in [-0.05, 0) is 24.6 Å². The molecule has 1 atom stereocenters. The molecule has 104 valence electrons. The second-order valence-electron chi connectivity index (χ2n) is 3.93. The van der Waals surface area contributed by atoms with E-state index in [1.165, 1.54) is 12.1 Å². The lowest BCUT2D eigenvalue weighted by Crippen LogP contribution is -2.10. The highest BCUT2D eigenvalue weighted by Gasteiger charge is 2.33. The maximum atomic E-state index is 12.6. The van der Waals surface area contributed by atoms with Gasteiger partial charge in [0.25, 0.3) is 0 Å². The molecule has 19 heavy (non-hydrogen) atoms. The fraction of sp³-hybridized carbons (Fsp3) is 0.417. The molecule has 0 fully saturated rings. The van der Waals surface area contributed by atoms with Crippen LogP contribution in [0.1, 0.15) is 17.5 Å². The van der Waals surface area contributed by atoms with Gasteiger partial charge < -0.3 is 5.32 Å². The van der Waals surface area contributed by atoms with E-state index in [0.717, 1.165) is 6.07 Å². The molecule has 0 aliphatic rings. The van der Waals surface area contributed by atoms with Gasteiger partial charge in [-0.15, -0.1) is 0 Å². The summed E-state index contributed by atoms with van der Waals surface area (Å²) in [7, 11) is -0.886. The number of halogens is 3. The van der Waals surface area contributed by atoms with Crippen molar-refractivity contribution in [2.45, 2.75) is 12.6 Å². The third kappa shape index (κ3) is 4.91. The molecule has 1 N–H and O–H groups in total. The summed E-state index contributed by atoms with van der Waals surface area (Å²) in [5.41, 5.74) is -0.891. The van der Waals surface area contributed by atoms with E-state index in [0.29, 0.717) is 24.4 Å². The molecule has 1 unspecified atom stereocenters. The van der Waals surface area contributed by atoms with Gasteiger partial charge in [0.2, 0.25) is 0 Å². The maximum absolute atomic E-state index is 12.6. The molecule has 0 aliphatic carbocycles. The van der Waals surface area contributed by atoms with E-state index < -0.39 is 28.1 Å². The molecule has 0 saturated carbocycles. The van der Waals surface area contributed by atoms with Crippen molar-refractivity contribution in [2.75, 3.05) is 23.9 Å². The zero-order valence-electron chi connectivity index (χ0n) is 10.3. The maximum Gasteiger partial charge on any atom is 0.417 e. The second-order valence-corrected chi connectivity index (χ2v) is 5.48. The summed E-state index contributed by atoms with van der Waals surface area (Å²) in [6.45, 7) is 0.496. The van der Waals surface area contributed by atoms with Gasteiger partial charge in [0.1, 0.15) is 0 Å². The van der Waals surface area contributed by atoms with Crippen molar-refractivity contribution >= 4 is 16.5 Å². The van der Waals surface area contributed by atoms with Crippen molar-refractivity contribution in [1.29, 1.82) is 5.26 Å². The smallest absolute Gasteiger partial charge is 0.385 e. The number of nitrogens with one attached hydrogen (secondary N) is 1. The fourth-order valence-electron chi connectivity index (χ4n) is 1.50. The number of hydrogen-bond acceptors (Lipinski definition) is 3. The molecule has 0 aromatic heterocycles. The van der Waals surface area contributed by atoms with Crippen LogP contribution in [0, 0.1) is 11.3 Å². The van der Waals surface area contributed by atoms with Gasteiger partial charge in [-0.2, -0.15) is 18.4 Å². The SMILES string of the molecule is CS(=O)CCCNc1ccc(C(F)(F)F)c(C#N)c1. The van der Waals surface area contributed by atoms with Gasteiger partial charge in [-0.25, -0.2) is 0 Å². The predicted octanol–water partition coefficient (Wildman–Crippen LogP) is 2.76. The minimum absolute atomic E-state index is 0.406. The largest absolute Gasteiger partial charge is 0.417 e. The highest BCUT2D eigenvalue weighted by atomic mass is 32.2.